The molecular formula is C14H17NO2S. The minimum atomic E-state index is 0.0997. The Kier molecular flexibility index (Phi) is 4.80. The summed E-state index contributed by atoms with van der Waals surface area (Å²) in [6, 6.07) is 3.95. The third-order valence-corrected chi connectivity index (χ3v) is 3.74. The highest BCUT2D eigenvalue weighted by molar-refractivity contribution is 7.12. The van der Waals surface area contributed by atoms with Crippen LogP contribution in [-0.2, 0) is 11.3 Å². The van der Waals surface area contributed by atoms with Crippen molar-refractivity contribution < 1.29 is 9.90 Å². The van der Waals surface area contributed by atoms with E-state index in [0.717, 1.165) is 9.75 Å². The van der Waals surface area contributed by atoms with Crippen molar-refractivity contribution in [2.24, 2.45) is 5.92 Å². The summed E-state index contributed by atoms with van der Waals surface area (Å²) < 4.78 is 0. The van der Waals surface area contributed by atoms with Gasteiger partial charge in [-0.1, -0.05) is 11.8 Å². The second-order valence-corrected chi connectivity index (χ2v) is 5.63. The van der Waals surface area contributed by atoms with Crippen LogP contribution in [0.15, 0.2) is 12.1 Å². The molecule has 1 fully saturated rings. The highest BCUT2D eigenvalue weighted by atomic mass is 32.1. The molecule has 2 N–H and O–H groups in total. The highest BCUT2D eigenvalue weighted by Crippen LogP contribution is 2.32. The summed E-state index contributed by atoms with van der Waals surface area (Å²) in [5, 5.41) is 11.6. The van der Waals surface area contributed by atoms with Crippen LogP contribution in [-0.4, -0.2) is 17.6 Å². The molecule has 1 aliphatic rings. The summed E-state index contributed by atoms with van der Waals surface area (Å²) in [7, 11) is 0. The number of thiophene rings is 1. The fourth-order valence-corrected chi connectivity index (χ4v) is 2.41. The van der Waals surface area contributed by atoms with Gasteiger partial charge in [-0.25, -0.2) is 0 Å². The van der Waals surface area contributed by atoms with Crippen LogP contribution in [0.5, 0.6) is 0 Å². The van der Waals surface area contributed by atoms with Gasteiger partial charge in [-0.15, -0.1) is 11.3 Å². The summed E-state index contributed by atoms with van der Waals surface area (Å²) in [6.45, 7) is 0.695. The van der Waals surface area contributed by atoms with Crippen molar-refractivity contribution in [3.05, 3.63) is 21.9 Å². The van der Waals surface area contributed by atoms with Gasteiger partial charge in [0.05, 0.1) is 18.0 Å². The van der Waals surface area contributed by atoms with Gasteiger partial charge in [0.15, 0.2) is 0 Å². The van der Waals surface area contributed by atoms with Gasteiger partial charge in [-0.2, -0.15) is 0 Å². The average molecular weight is 263 g/mol. The Morgan fingerprint density at radius 3 is 3.06 bits per heavy atom. The molecule has 1 aromatic heterocycles. The van der Waals surface area contributed by atoms with Crippen LogP contribution in [0.3, 0.4) is 0 Å². The van der Waals surface area contributed by atoms with E-state index in [1.165, 1.54) is 12.8 Å². The van der Waals surface area contributed by atoms with Crippen molar-refractivity contribution in [1.82, 2.24) is 5.32 Å². The van der Waals surface area contributed by atoms with Crippen molar-refractivity contribution >= 4 is 17.2 Å². The summed E-state index contributed by atoms with van der Waals surface area (Å²) in [4.78, 5) is 13.6. The first-order valence-corrected chi connectivity index (χ1v) is 7.04. The maximum atomic E-state index is 11.5. The lowest BCUT2D eigenvalue weighted by molar-refractivity contribution is -0.121. The van der Waals surface area contributed by atoms with Crippen molar-refractivity contribution in [3.8, 4) is 11.8 Å². The molecule has 0 atom stereocenters. The molecule has 1 aromatic rings. The molecule has 0 aliphatic heterocycles. The first-order valence-electron chi connectivity index (χ1n) is 6.23. The zero-order valence-electron chi connectivity index (χ0n) is 10.2. The van der Waals surface area contributed by atoms with Gasteiger partial charge in [0, 0.05) is 17.7 Å². The second kappa shape index (κ2) is 6.58. The lowest BCUT2D eigenvalue weighted by Crippen LogP contribution is -2.22. The minimum absolute atomic E-state index is 0.0997. The van der Waals surface area contributed by atoms with E-state index >= 15 is 0 Å². The number of hydrogen-bond acceptors (Lipinski definition) is 3. The van der Waals surface area contributed by atoms with E-state index < -0.39 is 0 Å². The van der Waals surface area contributed by atoms with Gasteiger partial charge < -0.3 is 10.4 Å². The van der Waals surface area contributed by atoms with Gasteiger partial charge in [-0.3, -0.25) is 4.79 Å². The third-order valence-electron chi connectivity index (χ3n) is 2.74. The zero-order chi connectivity index (χ0) is 12.8. The number of amides is 1. The van der Waals surface area contributed by atoms with Crippen LogP contribution < -0.4 is 5.32 Å². The zero-order valence-corrected chi connectivity index (χ0v) is 11.1. The molecule has 1 heterocycles. The topological polar surface area (TPSA) is 49.3 Å². The van der Waals surface area contributed by atoms with E-state index in [1.807, 2.05) is 12.1 Å². The predicted octanol–water partition coefficient (Wildman–Crippen LogP) is 1.90. The number of nitrogens with one attached hydrogen (secondary N) is 1. The lowest BCUT2D eigenvalue weighted by atomic mass is 10.3. The molecule has 0 spiro atoms. The van der Waals surface area contributed by atoms with E-state index in [-0.39, 0.29) is 12.5 Å². The largest absolute Gasteiger partial charge is 0.395 e. The smallest absolute Gasteiger partial charge is 0.220 e. The molecule has 1 amide bonds. The van der Waals surface area contributed by atoms with Crippen LogP contribution in [0.4, 0.5) is 0 Å². The Labute approximate surface area is 111 Å². The molecule has 96 valence electrons. The fraction of sp³-hybridized carbons (Fsp3) is 0.500. The third kappa shape index (κ3) is 4.52. The Hall–Kier alpha value is -1.31. The van der Waals surface area contributed by atoms with Crippen LogP contribution in [0, 0.1) is 17.8 Å². The molecule has 18 heavy (non-hydrogen) atoms. The first-order chi connectivity index (χ1) is 8.78. The SMILES string of the molecule is O=C(CC1CC1)NCc1ccc(C#CCCO)s1. The standard InChI is InChI=1S/C14H17NO2S/c16-8-2-1-3-12-6-7-13(18-12)10-15-14(17)9-11-4-5-11/h6-7,11,16H,2,4-5,8-10H2,(H,15,17). The van der Waals surface area contributed by atoms with Crippen molar-refractivity contribution in [3.63, 3.8) is 0 Å². The lowest BCUT2D eigenvalue weighted by Gasteiger charge is -2.01. The molecule has 0 aromatic carbocycles. The quantitative estimate of drug-likeness (QED) is 0.797. The average Bonchev–Trinajstić information content (AvgIpc) is 3.05. The van der Waals surface area contributed by atoms with Gasteiger partial charge in [0.25, 0.3) is 0 Å². The van der Waals surface area contributed by atoms with E-state index in [0.29, 0.717) is 25.3 Å². The molecular weight excluding hydrogens is 246 g/mol. The first kappa shape index (κ1) is 13.1. The van der Waals surface area contributed by atoms with Crippen LogP contribution in [0.2, 0.25) is 0 Å². The van der Waals surface area contributed by atoms with E-state index in [9.17, 15) is 4.79 Å². The van der Waals surface area contributed by atoms with E-state index in [4.69, 9.17) is 5.11 Å². The molecule has 1 aliphatic carbocycles. The van der Waals surface area contributed by atoms with Crippen molar-refractivity contribution in [1.29, 1.82) is 0 Å². The van der Waals surface area contributed by atoms with Gasteiger partial charge in [0.1, 0.15) is 0 Å². The number of rotatable bonds is 5. The summed E-state index contributed by atoms with van der Waals surface area (Å²) in [5.41, 5.74) is 0. The molecule has 0 radical (unpaired) electrons. The number of hydrogen-bond donors (Lipinski definition) is 2. The monoisotopic (exact) mass is 263 g/mol. The Bertz CT molecular complexity index is 466. The Morgan fingerprint density at radius 1 is 1.50 bits per heavy atom. The summed E-state index contributed by atoms with van der Waals surface area (Å²) in [5.74, 6) is 6.66. The van der Waals surface area contributed by atoms with E-state index in [1.54, 1.807) is 11.3 Å². The fourth-order valence-electron chi connectivity index (χ4n) is 1.59. The van der Waals surface area contributed by atoms with Crippen LogP contribution in [0.25, 0.3) is 0 Å². The maximum Gasteiger partial charge on any atom is 0.220 e. The predicted molar refractivity (Wildman–Crippen MR) is 72.1 cm³/mol. The summed E-state index contributed by atoms with van der Waals surface area (Å²) >= 11 is 1.59. The number of aliphatic hydroxyl groups is 1. The molecule has 4 heteroatoms. The second-order valence-electron chi connectivity index (χ2n) is 4.47. The van der Waals surface area contributed by atoms with Gasteiger partial charge in [-0.05, 0) is 30.9 Å². The molecule has 0 unspecified atom stereocenters. The number of carbonyl (C=O) groups is 1. The van der Waals surface area contributed by atoms with Gasteiger partial charge >= 0.3 is 0 Å². The Balaban J connectivity index is 1.75. The molecule has 1 saturated carbocycles. The van der Waals surface area contributed by atoms with Crippen LogP contribution >= 0.6 is 11.3 Å². The maximum absolute atomic E-state index is 11.5. The minimum Gasteiger partial charge on any atom is -0.395 e. The number of carbonyl (C=O) groups excluding carboxylic acids is 1. The van der Waals surface area contributed by atoms with Crippen molar-refractivity contribution in [2.45, 2.75) is 32.2 Å². The molecule has 3 nitrogen and oxygen atoms in total. The molecule has 0 bridgehead atoms. The summed E-state index contributed by atoms with van der Waals surface area (Å²) in [6.07, 6.45) is 3.59. The van der Waals surface area contributed by atoms with Gasteiger partial charge in [0.2, 0.25) is 5.91 Å². The normalized spacial score (nSPS) is 13.8. The Morgan fingerprint density at radius 2 is 2.33 bits per heavy atom. The van der Waals surface area contributed by atoms with E-state index in [2.05, 4.69) is 17.2 Å². The van der Waals surface area contributed by atoms with Crippen molar-refractivity contribution in [2.75, 3.05) is 6.61 Å². The number of aliphatic hydroxyl groups excluding tert-OH is 1. The molecule has 0 saturated heterocycles. The van der Waals surface area contributed by atoms with Crippen LogP contribution in [0.1, 0.15) is 35.4 Å². The highest BCUT2D eigenvalue weighted by Gasteiger charge is 2.24. The molecule has 2 rings (SSSR count).